The van der Waals surface area contributed by atoms with Crippen molar-refractivity contribution in [1.29, 1.82) is 5.26 Å². The van der Waals surface area contributed by atoms with Crippen LogP contribution < -0.4 is 4.74 Å². The van der Waals surface area contributed by atoms with Crippen LogP contribution in [0.1, 0.15) is 45.2 Å². The summed E-state index contributed by atoms with van der Waals surface area (Å²) >= 11 is 0. The minimum absolute atomic E-state index is 0.0354. The van der Waals surface area contributed by atoms with E-state index >= 15 is 0 Å². The molecule has 0 N–H and O–H groups in total. The van der Waals surface area contributed by atoms with Gasteiger partial charge < -0.3 is 9.47 Å². The summed E-state index contributed by atoms with van der Waals surface area (Å²) in [6, 6.07) is 17.6. The average Bonchev–Trinajstić information content (AvgIpc) is 3.39. The maximum absolute atomic E-state index is 13.6. The lowest BCUT2D eigenvalue weighted by Gasteiger charge is -2.27. The van der Waals surface area contributed by atoms with Crippen molar-refractivity contribution in [2.45, 2.75) is 41.0 Å². The number of nitriles is 1. The van der Waals surface area contributed by atoms with Crippen LogP contribution in [0.3, 0.4) is 0 Å². The summed E-state index contributed by atoms with van der Waals surface area (Å²) in [6.45, 7) is 11.5. The van der Waals surface area contributed by atoms with Crippen LogP contribution in [0.5, 0.6) is 5.75 Å². The first-order valence-corrected chi connectivity index (χ1v) is 13.9. The van der Waals surface area contributed by atoms with Crippen molar-refractivity contribution in [3.8, 4) is 28.8 Å². The normalized spacial score (nSPS) is 14.8. The van der Waals surface area contributed by atoms with Gasteiger partial charge in [0.25, 0.3) is 11.8 Å². The molecule has 212 valence electrons. The molecule has 3 aromatic rings. The van der Waals surface area contributed by atoms with Gasteiger partial charge in [-0.3, -0.25) is 14.5 Å². The largest absolute Gasteiger partial charge is 0.493 e. The van der Waals surface area contributed by atoms with Crippen LogP contribution >= 0.6 is 0 Å². The Balaban J connectivity index is 1.81. The molecule has 0 atom stereocenters. The van der Waals surface area contributed by atoms with E-state index in [1.807, 2.05) is 74.6 Å². The van der Waals surface area contributed by atoms with E-state index in [0.717, 1.165) is 27.5 Å². The molecular weight excluding hydrogens is 516 g/mol. The second-order valence-corrected chi connectivity index (χ2v) is 10.4. The highest BCUT2D eigenvalue weighted by Gasteiger charge is 2.35. The van der Waals surface area contributed by atoms with Crippen LogP contribution in [0.2, 0.25) is 0 Å². The number of carbonyl (C=O) groups excluding carboxylic acids is 2. The van der Waals surface area contributed by atoms with Crippen LogP contribution in [-0.4, -0.2) is 52.9 Å². The Bertz CT molecular complexity index is 1530. The second-order valence-electron chi connectivity index (χ2n) is 10.4. The molecule has 2 heterocycles. The van der Waals surface area contributed by atoms with Gasteiger partial charge in [-0.2, -0.15) is 10.4 Å². The number of aryl methyl sites for hydroxylation is 1. The molecule has 8 heteroatoms. The molecule has 8 nitrogen and oxygen atoms in total. The van der Waals surface area contributed by atoms with E-state index in [1.54, 1.807) is 17.7 Å². The standard InChI is InChI=1S/C33H36N4O4/c1-6-40-16-10-15-36-32(38)28(24(5)29(19-34)33(36)39)18-26-20-37(27-11-8-7-9-12-27)35-31(26)25-13-14-30(23(4)17-25)41-21-22(2)3/h7-9,11-14,17-18,20,22H,6,10,15-16,21H2,1-5H3/b28-18+. The number of ether oxygens (including phenoxy) is 2. The molecule has 2 amide bonds. The maximum atomic E-state index is 13.6. The van der Waals surface area contributed by atoms with Crippen molar-refractivity contribution in [2.75, 3.05) is 26.4 Å². The summed E-state index contributed by atoms with van der Waals surface area (Å²) in [4.78, 5) is 27.8. The molecule has 0 spiro atoms. The van der Waals surface area contributed by atoms with Crippen LogP contribution in [0.25, 0.3) is 23.0 Å². The molecule has 41 heavy (non-hydrogen) atoms. The van der Waals surface area contributed by atoms with Gasteiger partial charge in [0.05, 0.1) is 18.0 Å². The van der Waals surface area contributed by atoms with Crippen LogP contribution in [0.4, 0.5) is 0 Å². The second kappa shape index (κ2) is 13.2. The molecule has 0 saturated carbocycles. The molecule has 0 fully saturated rings. The Morgan fingerprint density at radius 3 is 2.49 bits per heavy atom. The highest BCUT2D eigenvalue weighted by atomic mass is 16.5. The average molecular weight is 553 g/mol. The maximum Gasteiger partial charge on any atom is 0.271 e. The monoisotopic (exact) mass is 552 g/mol. The van der Waals surface area contributed by atoms with E-state index < -0.39 is 11.8 Å². The van der Waals surface area contributed by atoms with Gasteiger partial charge in [0.15, 0.2) is 0 Å². The molecule has 1 aromatic heterocycles. The number of imide groups is 1. The third kappa shape index (κ3) is 6.64. The number of para-hydroxylation sites is 1. The SMILES string of the molecule is CCOCCCN1C(=O)C(C#N)=C(C)/C(=C\c2cn(-c3ccccc3)nc2-c2ccc(OCC(C)C)c(C)c2)C1=O. The molecule has 0 bridgehead atoms. The van der Waals surface area contributed by atoms with Crippen molar-refractivity contribution in [2.24, 2.45) is 5.92 Å². The minimum atomic E-state index is -0.573. The van der Waals surface area contributed by atoms with E-state index in [-0.39, 0.29) is 12.1 Å². The first kappa shape index (κ1) is 29.5. The minimum Gasteiger partial charge on any atom is -0.493 e. The Labute approximate surface area is 241 Å². The zero-order chi connectivity index (χ0) is 29.5. The Morgan fingerprint density at radius 2 is 1.83 bits per heavy atom. The van der Waals surface area contributed by atoms with Gasteiger partial charge in [-0.25, -0.2) is 4.68 Å². The van der Waals surface area contributed by atoms with E-state index in [0.29, 0.717) is 54.6 Å². The number of hydrogen-bond donors (Lipinski definition) is 0. The first-order chi connectivity index (χ1) is 19.7. The fourth-order valence-corrected chi connectivity index (χ4v) is 4.60. The predicted molar refractivity (Wildman–Crippen MR) is 158 cm³/mol. The molecule has 1 aliphatic rings. The topological polar surface area (TPSA) is 97.5 Å². The quantitative estimate of drug-likeness (QED) is 0.167. The van der Waals surface area contributed by atoms with Gasteiger partial charge in [0.1, 0.15) is 17.4 Å². The number of hydrogen-bond acceptors (Lipinski definition) is 6. The van der Waals surface area contributed by atoms with E-state index in [4.69, 9.17) is 14.6 Å². The fraction of sp³-hybridized carbons (Fsp3) is 0.333. The van der Waals surface area contributed by atoms with Crippen LogP contribution in [0.15, 0.2) is 71.4 Å². The van der Waals surface area contributed by atoms with Crippen molar-refractivity contribution < 1.29 is 19.1 Å². The summed E-state index contributed by atoms with van der Waals surface area (Å²) < 4.78 is 13.1. The lowest BCUT2D eigenvalue weighted by molar-refractivity contribution is -0.140. The third-order valence-electron chi connectivity index (χ3n) is 6.78. The van der Waals surface area contributed by atoms with Crippen LogP contribution in [0, 0.1) is 24.2 Å². The predicted octanol–water partition coefficient (Wildman–Crippen LogP) is 5.90. The molecule has 4 rings (SSSR count). The highest BCUT2D eigenvalue weighted by Crippen LogP contribution is 2.33. The van der Waals surface area contributed by atoms with E-state index in [9.17, 15) is 14.9 Å². The van der Waals surface area contributed by atoms with E-state index in [2.05, 4.69) is 13.8 Å². The summed E-state index contributed by atoms with van der Waals surface area (Å²) in [6.07, 6.45) is 4.08. The van der Waals surface area contributed by atoms with Gasteiger partial charge in [0.2, 0.25) is 0 Å². The number of benzene rings is 2. The van der Waals surface area contributed by atoms with Gasteiger partial charge in [-0.05, 0) is 80.7 Å². The first-order valence-electron chi connectivity index (χ1n) is 13.9. The zero-order valence-corrected chi connectivity index (χ0v) is 24.3. The number of aromatic nitrogens is 2. The molecule has 0 aliphatic carbocycles. The Hall–Kier alpha value is -4.48. The van der Waals surface area contributed by atoms with Crippen molar-refractivity contribution in [1.82, 2.24) is 14.7 Å². The van der Waals surface area contributed by atoms with Gasteiger partial charge in [-0.15, -0.1) is 0 Å². The number of nitrogens with zero attached hydrogens (tertiary/aromatic N) is 4. The van der Waals surface area contributed by atoms with Gasteiger partial charge in [0, 0.05) is 42.7 Å². The van der Waals surface area contributed by atoms with Gasteiger partial charge in [-0.1, -0.05) is 32.0 Å². The number of carbonyl (C=O) groups is 2. The number of amides is 2. The molecule has 0 unspecified atom stereocenters. The summed E-state index contributed by atoms with van der Waals surface area (Å²) in [7, 11) is 0. The molecular formula is C33H36N4O4. The smallest absolute Gasteiger partial charge is 0.271 e. The molecule has 0 saturated heterocycles. The van der Waals surface area contributed by atoms with Crippen molar-refractivity contribution >= 4 is 17.9 Å². The van der Waals surface area contributed by atoms with Crippen molar-refractivity contribution in [3.05, 3.63) is 82.6 Å². The summed E-state index contributed by atoms with van der Waals surface area (Å²) in [5.74, 6) is 0.208. The molecule has 1 aliphatic heterocycles. The third-order valence-corrected chi connectivity index (χ3v) is 6.78. The van der Waals surface area contributed by atoms with Crippen molar-refractivity contribution in [3.63, 3.8) is 0 Å². The highest BCUT2D eigenvalue weighted by molar-refractivity contribution is 6.19. The summed E-state index contributed by atoms with van der Waals surface area (Å²) in [5, 5.41) is 14.7. The zero-order valence-electron chi connectivity index (χ0n) is 24.3. The lowest BCUT2D eigenvalue weighted by atomic mass is 9.93. The van der Waals surface area contributed by atoms with Crippen LogP contribution in [-0.2, 0) is 14.3 Å². The van der Waals surface area contributed by atoms with E-state index in [1.165, 1.54) is 0 Å². The molecule has 0 radical (unpaired) electrons. The molecule has 2 aromatic carbocycles. The number of rotatable bonds is 11. The van der Waals surface area contributed by atoms with Gasteiger partial charge >= 0.3 is 0 Å². The lowest BCUT2D eigenvalue weighted by Crippen LogP contribution is -2.43. The fourth-order valence-electron chi connectivity index (χ4n) is 4.60. The Kier molecular flexibility index (Phi) is 9.53. The summed E-state index contributed by atoms with van der Waals surface area (Å²) in [5.41, 5.74) is 4.66. The Morgan fingerprint density at radius 1 is 1.07 bits per heavy atom.